The second kappa shape index (κ2) is 3.86. The van der Waals surface area contributed by atoms with Crippen LogP contribution in [0.2, 0.25) is 5.02 Å². The highest BCUT2D eigenvalue weighted by Gasteiger charge is 2.11. The molecule has 0 radical (unpaired) electrons. The van der Waals surface area contributed by atoms with Crippen molar-refractivity contribution in [3.05, 3.63) is 41.0 Å². The molecular formula is C10H9ClN4O. The molecule has 1 heterocycles. The van der Waals surface area contributed by atoms with Gasteiger partial charge < -0.3 is 11.5 Å². The second-order valence-corrected chi connectivity index (χ2v) is 3.65. The molecule has 0 bridgehead atoms. The van der Waals surface area contributed by atoms with E-state index in [-0.39, 0.29) is 11.4 Å². The molecule has 0 saturated carbocycles. The van der Waals surface area contributed by atoms with Crippen molar-refractivity contribution in [3.63, 3.8) is 0 Å². The first-order chi connectivity index (χ1) is 7.58. The predicted molar refractivity (Wildman–Crippen MR) is 61.5 cm³/mol. The molecule has 6 heteroatoms. The molecule has 0 aliphatic heterocycles. The van der Waals surface area contributed by atoms with Gasteiger partial charge in [0, 0.05) is 11.2 Å². The number of nitrogen functional groups attached to an aromatic ring is 1. The Bertz CT molecular complexity index is 532. The summed E-state index contributed by atoms with van der Waals surface area (Å²) in [4.78, 5) is 11.0. The van der Waals surface area contributed by atoms with E-state index in [4.69, 9.17) is 23.1 Å². The van der Waals surface area contributed by atoms with Gasteiger partial charge in [0.15, 0.2) is 5.82 Å². The van der Waals surface area contributed by atoms with Gasteiger partial charge in [0.05, 0.1) is 5.69 Å². The van der Waals surface area contributed by atoms with Gasteiger partial charge in [0.25, 0.3) is 5.91 Å². The number of amides is 1. The van der Waals surface area contributed by atoms with Crippen molar-refractivity contribution < 1.29 is 4.79 Å². The lowest BCUT2D eigenvalue weighted by Crippen LogP contribution is -2.11. The summed E-state index contributed by atoms with van der Waals surface area (Å²) in [6.45, 7) is 0. The molecule has 2 aromatic rings. The molecule has 0 atom stereocenters. The number of aromatic nitrogens is 2. The number of hydrogen-bond donors (Lipinski definition) is 2. The van der Waals surface area contributed by atoms with Crippen LogP contribution in [0.5, 0.6) is 0 Å². The minimum atomic E-state index is -0.599. The standard InChI is InChI=1S/C10H9ClN4O/c11-6-1-3-7(4-2-6)15-5-8(10(13)16)9(12)14-15/h1-5H,(H2,12,14)(H2,13,16). The number of halogens is 1. The number of hydrogen-bond acceptors (Lipinski definition) is 3. The summed E-state index contributed by atoms with van der Waals surface area (Å²) in [5.41, 5.74) is 11.6. The molecule has 0 unspecified atom stereocenters. The van der Waals surface area contributed by atoms with Gasteiger partial charge in [-0.05, 0) is 24.3 Å². The Labute approximate surface area is 96.6 Å². The fraction of sp³-hybridized carbons (Fsp3) is 0. The zero-order valence-electron chi connectivity index (χ0n) is 8.22. The van der Waals surface area contributed by atoms with Crippen LogP contribution in [-0.4, -0.2) is 15.7 Å². The van der Waals surface area contributed by atoms with E-state index in [1.54, 1.807) is 24.3 Å². The van der Waals surface area contributed by atoms with E-state index in [9.17, 15) is 4.79 Å². The molecule has 0 spiro atoms. The SMILES string of the molecule is NC(=O)c1cn(-c2ccc(Cl)cc2)nc1N. The third kappa shape index (κ3) is 1.85. The van der Waals surface area contributed by atoms with Gasteiger partial charge in [0.1, 0.15) is 5.56 Å². The number of primary amides is 1. The summed E-state index contributed by atoms with van der Waals surface area (Å²) >= 11 is 5.76. The topological polar surface area (TPSA) is 86.9 Å². The van der Waals surface area contributed by atoms with Crippen LogP contribution < -0.4 is 11.5 Å². The predicted octanol–water partition coefficient (Wildman–Crippen LogP) is 1.21. The molecule has 0 fully saturated rings. The van der Waals surface area contributed by atoms with E-state index in [0.29, 0.717) is 5.02 Å². The van der Waals surface area contributed by atoms with E-state index in [2.05, 4.69) is 5.10 Å². The van der Waals surface area contributed by atoms with Crippen LogP contribution in [0, 0.1) is 0 Å². The lowest BCUT2D eigenvalue weighted by atomic mass is 10.3. The van der Waals surface area contributed by atoms with Crippen molar-refractivity contribution in [3.8, 4) is 5.69 Å². The zero-order valence-corrected chi connectivity index (χ0v) is 8.98. The van der Waals surface area contributed by atoms with E-state index < -0.39 is 5.91 Å². The number of nitrogens with zero attached hydrogens (tertiary/aromatic N) is 2. The maximum absolute atomic E-state index is 11.0. The van der Waals surface area contributed by atoms with E-state index in [0.717, 1.165) is 5.69 Å². The third-order valence-corrected chi connectivity index (χ3v) is 2.35. The molecule has 5 nitrogen and oxygen atoms in total. The summed E-state index contributed by atoms with van der Waals surface area (Å²) in [5, 5.41) is 4.61. The largest absolute Gasteiger partial charge is 0.382 e. The molecule has 16 heavy (non-hydrogen) atoms. The minimum Gasteiger partial charge on any atom is -0.382 e. The molecule has 2 rings (SSSR count). The average molecular weight is 237 g/mol. The highest BCUT2D eigenvalue weighted by atomic mass is 35.5. The second-order valence-electron chi connectivity index (χ2n) is 3.21. The fourth-order valence-electron chi connectivity index (χ4n) is 1.30. The maximum atomic E-state index is 11.0. The molecule has 4 N–H and O–H groups in total. The fourth-order valence-corrected chi connectivity index (χ4v) is 1.43. The molecule has 0 saturated heterocycles. The lowest BCUT2D eigenvalue weighted by Gasteiger charge is -1.99. The Morgan fingerprint density at radius 3 is 2.44 bits per heavy atom. The van der Waals surface area contributed by atoms with Crippen LogP contribution in [0.25, 0.3) is 5.69 Å². The Kier molecular flexibility index (Phi) is 2.54. The van der Waals surface area contributed by atoms with Crippen LogP contribution in [0.4, 0.5) is 5.82 Å². The first kappa shape index (κ1) is 10.5. The van der Waals surface area contributed by atoms with Crippen molar-refractivity contribution in [1.82, 2.24) is 9.78 Å². The van der Waals surface area contributed by atoms with Crippen LogP contribution in [0.1, 0.15) is 10.4 Å². The van der Waals surface area contributed by atoms with Gasteiger partial charge in [-0.15, -0.1) is 5.10 Å². The van der Waals surface area contributed by atoms with Gasteiger partial charge in [-0.1, -0.05) is 11.6 Å². The first-order valence-electron chi connectivity index (χ1n) is 4.49. The number of nitrogens with two attached hydrogens (primary N) is 2. The minimum absolute atomic E-state index is 0.113. The Hall–Kier alpha value is -2.01. The number of carbonyl (C=O) groups excluding carboxylic acids is 1. The molecule has 0 aliphatic rings. The maximum Gasteiger partial charge on any atom is 0.254 e. The summed E-state index contributed by atoms with van der Waals surface area (Å²) < 4.78 is 1.48. The highest BCUT2D eigenvalue weighted by Crippen LogP contribution is 2.16. The Morgan fingerprint density at radius 2 is 1.94 bits per heavy atom. The van der Waals surface area contributed by atoms with Crippen molar-refractivity contribution in [2.45, 2.75) is 0 Å². The molecular weight excluding hydrogens is 228 g/mol. The molecule has 1 aromatic carbocycles. The van der Waals surface area contributed by atoms with Gasteiger partial charge in [-0.25, -0.2) is 4.68 Å². The molecule has 1 aromatic heterocycles. The van der Waals surface area contributed by atoms with Gasteiger partial charge in [-0.3, -0.25) is 4.79 Å². The Morgan fingerprint density at radius 1 is 1.31 bits per heavy atom. The Balaban J connectivity index is 2.45. The van der Waals surface area contributed by atoms with Crippen LogP contribution in [0.15, 0.2) is 30.5 Å². The lowest BCUT2D eigenvalue weighted by molar-refractivity contribution is 0.100. The van der Waals surface area contributed by atoms with Gasteiger partial charge >= 0.3 is 0 Å². The first-order valence-corrected chi connectivity index (χ1v) is 4.86. The van der Waals surface area contributed by atoms with E-state index in [1.165, 1.54) is 10.9 Å². The monoisotopic (exact) mass is 236 g/mol. The normalized spacial score (nSPS) is 10.3. The number of benzene rings is 1. The van der Waals surface area contributed by atoms with Crippen molar-refractivity contribution in [2.75, 3.05) is 5.73 Å². The van der Waals surface area contributed by atoms with Gasteiger partial charge in [0.2, 0.25) is 0 Å². The highest BCUT2D eigenvalue weighted by molar-refractivity contribution is 6.30. The number of carbonyl (C=O) groups is 1. The van der Waals surface area contributed by atoms with Crippen LogP contribution >= 0.6 is 11.6 Å². The van der Waals surface area contributed by atoms with Crippen LogP contribution in [-0.2, 0) is 0 Å². The van der Waals surface area contributed by atoms with E-state index in [1.807, 2.05) is 0 Å². The van der Waals surface area contributed by atoms with Gasteiger partial charge in [-0.2, -0.15) is 0 Å². The van der Waals surface area contributed by atoms with Crippen molar-refractivity contribution >= 4 is 23.3 Å². The summed E-state index contributed by atoms with van der Waals surface area (Å²) in [5.74, 6) is -0.486. The van der Waals surface area contributed by atoms with Crippen LogP contribution in [0.3, 0.4) is 0 Å². The smallest absolute Gasteiger partial charge is 0.254 e. The number of anilines is 1. The summed E-state index contributed by atoms with van der Waals surface area (Å²) in [7, 11) is 0. The molecule has 82 valence electrons. The summed E-state index contributed by atoms with van der Waals surface area (Å²) in [6.07, 6.45) is 1.49. The number of rotatable bonds is 2. The van der Waals surface area contributed by atoms with Crippen molar-refractivity contribution in [1.29, 1.82) is 0 Å². The van der Waals surface area contributed by atoms with Crippen molar-refractivity contribution in [2.24, 2.45) is 5.73 Å². The molecule has 1 amide bonds. The molecule has 0 aliphatic carbocycles. The quantitative estimate of drug-likeness (QED) is 0.822. The average Bonchev–Trinajstić information content (AvgIpc) is 2.61. The zero-order chi connectivity index (χ0) is 11.7. The van der Waals surface area contributed by atoms with E-state index >= 15 is 0 Å². The summed E-state index contributed by atoms with van der Waals surface area (Å²) in [6, 6.07) is 6.97. The third-order valence-electron chi connectivity index (χ3n) is 2.10.